The van der Waals surface area contributed by atoms with Gasteiger partial charge in [-0.05, 0) is 97.2 Å². The molecule has 7 heteroatoms. The second-order valence-electron chi connectivity index (χ2n) is 10.1. The Morgan fingerprint density at radius 3 is 2.00 bits per heavy atom. The van der Waals surface area contributed by atoms with E-state index < -0.39 is 5.97 Å². The Hall–Kier alpha value is -3.87. The van der Waals surface area contributed by atoms with E-state index >= 15 is 0 Å². The van der Waals surface area contributed by atoms with E-state index in [4.69, 9.17) is 9.84 Å². The van der Waals surface area contributed by atoms with Gasteiger partial charge < -0.3 is 20.5 Å². The first-order chi connectivity index (χ1) is 18.0. The Bertz CT molecular complexity index is 1290. The van der Waals surface area contributed by atoms with E-state index in [1.165, 1.54) is 18.4 Å². The molecule has 7 nitrogen and oxygen atoms in total. The van der Waals surface area contributed by atoms with Crippen molar-refractivity contribution >= 4 is 28.6 Å². The summed E-state index contributed by atoms with van der Waals surface area (Å²) in [5.41, 5.74) is 2.46. The third-order valence-corrected chi connectivity index (χ3v) is 7.31. The molecule has 2 fully saturated rings. The predicted molar refractivity (Wildman–Crippen MR) is 141 cm³/mol. The first-order valence-electron chi connectivity index (χ1n) is 13.1. The van der Waals surface area contributed by atoms with E-state index in [1.807, 2.05) is 18.2 Å². The summed E-state index contributed by atoms with van der Waals surface area (Å²) in [6.07, 6.45) is 5.16. The Kier molecular flexibility index (Phi) is 7.40. The Balaban J connectivity index is 1.06. The summed E-state index contributed by atoms with van der Waals surface area (Å²) in [6.45, 7) is 0.639. The number of ether oxygens (including phenoxy) is 1. The van der Waals surface area contributed by atoms with Crippen LogP contribution in [0.4, 0.5) is 0 Å². The van der Waals surface area contributed by atoms with Crippen LogP contribution in [0, 0.1) is 5.92 Å². The topological polar surface area (TPSA) is 105 Å². The summed E-state index contributed by atoms with van der Waals surface area (Å²) in [5.74, 6) is -0.0532. The molecule has 2 aliphatic rings. The van der Waals surface area contributed by atoms with Gasteiger partial charge in [-0.3, -0.25) is 14.4 Å². The number of carbonyl (C=O) groups excluding carboxylic acids is 2. The van der Waals surface area contributed by atoms with Crippen LogP contribution >= 0.6 is 0 Å². The molecule has 0 aliphatic heterocycles. The maximum Gasteiger partial charge on any atom is 0.306 e. The third-order valence-electron chi connectivity index (χ3n) is 7.31. The number of nitrogens with one attached hydrogen (secondary N) is 2. The highest BCUT2D eigenvalue weighted by atomic mass is 16.5. The standard InChI is InChI=1S/C30H32N2O5/c33-28(21-7-11-26(12-8-21)37-27-13-9-22(10-14-27)30(35)36)31-15-16-32-29(34)24-6-4-20-3-5-23(19-1-2-19)17-25(20)18-24/h3-8,11-12,17-19,22,27H,1-2,9-10,13-16H2,(H,31,33)(H,32,34)(H,35,36). The lowest BCUT2D eigenvalue weighted by atomic mass is 9.87. The van der Waals surface area contributed by atoms with E-state index in [-0.39, 0.29) is 23.8 Å². The minimum absolute atomic E-state index is 0.00161. The number of benzene rings is 3. The Labute approximate surface area is 216 Å². The van der Waals surface area contributed by atoms with Gasteiger partial charge in [-0.25, -0.2) is 0 Å². The molecule has 0 spiro atoms. The fourth-order valence-corrected chi connectivity index (χ4v) is 4.94. The molecule has 2 saturated carbocycles. The average molecular weight is 501 g/mol. The van der Waals surface area contributed by atoms with E-state index in [9.17, 15) is 14.4 Å². The van der Waals surface area contributed by atoms with E-state index in [1.54, 1.807) is 24.3 Å². The number of aliphatic carboxylic acids is 1. The molecular formula is C30H32N2O5. The van der Waals surface area contributed by atoms with Crippen molar-refractivity contribution in [3.8, 4) is 5.75 Å². The van der Waals surface area contributed by atoms with Gasteiger partial charge in [0.25, 0.3) is 11.8 Å². The molecule has 0 bridgehead atoms. The molecular weight excluding hydrogens is 468 g/mol. The predicted octanol–water partition coefficient (Wildman–Crippen LogP) is 4.90. The van der Waals surface area contributed by atoms with Crippen molar-refractivity contribution in [3.05, 3.63) is 77.4 Å². The second kappa shape index (κ2) is 11.0. The summed E-state index contributed by atoms with van der Waals surface area (Å²) in [5, 5.41) is 17.0. The quantitative estimate of drug-likeness (QED) is 0.363. The number of carboxylic acids is 1. The van der Waals surface area contributed by atoms with Gasteiger partial charge in [0.05, 0.1) is 12.0 Å². The summed E-state index contributed by atoms with van der Waals surface area (Å²) in [4.78, 5) is 36.2. The Morgan fingerprint density at radius 1 is 0.730 bits per heavy atom. The maximum atomic E-state index is 12.6. The SMILES string of the molecule is O=C(NCCNC(=O)c1ccc2ccc(C3CC3)cc2c1)c1ccc(OC2CCC(C(=O)O)CC2)cc1. The van der Waals surface area contributed by atoms with E-state index in [2.05, 4.69) is 28.8 Å². The van der Waals surface area contributed by atoms with Crippen molar-refractivity contribution in [3.63, 3.8) is 0 Å². The lowest BCUT2D eigenvalue weighted by molar-refractivity contribution is -0.143. The highest BCUT2D eigenvalue weighted by Crippen LogP contribution is 2.41. The van der Waals surface area contributed by atoms with Gasteiger partial charge in [0.15, 0.2) is 0 Å². The van der Waals surface area contributed by atoms with Crippen LogP contribution in [0.3, 0.4) is 0 Å². The minimum Gasteiger partial charge on any atom is -0.490 e. The lowest BCUT2D eigenvalue weighted by Gasteiger charge is -2.26. The molecule has 0 aromatic heterocycles. The number of amides is 2. The number of rotatable bonds is 9. The molecule has 0 unspecified atom stereocenters. The molecule has 37 heavy (non-hydrogen) atoms. The van der Waals surface area contributed by atoms with Crippen LogP contribution in [0.5, 0.6) is 5.75 Å². The molecule has 0 heterocycles. The Morgan fingerprint density at radius 2 is 1.35 bits per heavy atom. The summed E-state index contributed by atoms with van der Waals surface area (Å²) >= 11 is 0. The molecule has 3 aromatic carbocycles. The highest BCUT2D eigenvalue weighted by Gasteiger charge is 2.27. The van der Waals surface area contributed by atoms with Crippen LogP contribution in [-0.4, -0.2) is 42.1 Å². The van der Waals surface area contributed by atoms with Crippen molar-refractivity contribution in [1.29, 1.82) is 0 Å². The zero-order valence-electron chi connectivity index (χ0n) is 20.7. The van der Waals surface area contributed by atoms with Gasteiger partial charge >= 0.3 is 5.97 Å². The van der Waals surface area contributed by atoms with Crippen molar-refractivity contribution in [2.45, 2.75) is 50.5 Å². The molecule has 3 aromatic rings. The molecule has 5 rings (SSSR count). The van der Waals surface area contributed by atoms with Crippen LogP contribution < -0.4 is 15.4 Å². The number of carbonyl (C=O) groups is 3. The van der Waals surface area contributed by atoms with Crippen LogP contribution in [-0.2, 0) is 4.79 Å². The number of hydrogen-bond donors (Lipinski definition) is 3. The van der Waals surface area contributed by atoms with Gasteiger partial charge in [0.2, 0.25) is 0 Å². The molecule has 0 atom stereocenters. The molecule has 3 N–H and O–H groups in total. The van der Waals surface area contributed by atoms with Crippen molar-refractivity contribution in [1.82, 2.24) is 10.6 Å². The van der Waals surface area contributed by atoms with E-state index in [0.717, 1.165) is 10.8 Å². The fourth-order valence-electron chi connectivity index (χ4n) is 4.94. The van der Waals surface area contributed by atoms with Crippen LogP contribution in [0.15, 0.2) is 60.7 Å². The van der Waals surface area contributed by atoms with Crippen LogP contribution in [0.2, 0.25) is 0 Å². The maximum absolute atomic E-state index is 12.6. The second-order valence-corrected chi connectivity index (χ2v) is 10.1. The zero-order chi connectivity index (χ0) is 25.8. The molecule has 0 radical (unpaired) electrons. The van der Waals surface area contributed by atoms with Crippen LogP contribution in [0.25, 0.3) is 10.8 Å². The van der Waals surface area contributed by atoms with Gasteiger partial charge in [0, 0.05) is 24.2 Å². The molecule has 2 amide bonds. The largest absolute Gasteiger partial charge is 0.490 e. The zero-order valence-corrected chi connectivity index (χ0v) is 20.7. The third kappa shape index (κ3) is 6.28. The van der Waals surface area contributed by atoms with Gasteiger partial charge in [-0.15, -0.1) is 0 Å². The highest BCUT2D eigenvalue weighted by molar-refractivity contribution is 5.99. The average Bonchev–Trinajstić information content (AvgIpc) is 3.77. The number of carboxylic acid groups (broad SMARTS) is 1. The van der Waals surface area contributed by atoms with Crippen molar-refractivity contribution in [2.75, 3.05) is 13.1 Å². The first-order valence-corrected chi connectivity index (χ1v) is 13.1. The summed E-state index contributed by atoms with van der Waals surface area (Å²) in [7, 11) is 0. The minimum atomic E-state index is -0.732. The summed E-state index contributed by atoms with van der Waals surface area (Å²) in [6, 6.07) is 19.1. The molecule has 2 aliphatic carbocycles. The molecule has 0 saturated heterocycles. The van der Waals surface area contributed by atoms with Gasteiger partial charge in [0.1, 0.15) is 5.75 Å². The van der Waals surface area contributed by atoms with Gasteiger partial charge in [-0.1, -0.05) is 24.3 Å². The lowest BCUT2D eigenvalue weighted by Crippen LogP contribution is -2.34. The van der Waals surface area contributed by atoms with Crippen LogP contribution in [0.1, 0.15) is 70.7 Å². The van der Waals surface area contributed by atoms with E-state index in [0.29, 0.717) is 61.6 Å². The van der Waals surface area contributed by atoms with Crippen molar-refractivity contribution in [2.24, 2.45) is 5.92 Å². The monoisotopic (exact) mass is 500 g/mol. The first kappa shape index (κ1) is 24.8. The normalized spacial score (nSPS) is 19.2. The fraction of sp³-hybridized carbons (Fsp3) is 0.367. The van der Waals surface area contributed by atoms with Crippen molar-refractivity contribution < 1.29 is 24.2 Å². The molecule has 192 valence electrons. The smallest absolute Gasteiger partial charge is 0.306 e. The number of hydrogen-bond acceptors (Lipinski definition) is 4. The van der Waals surface area contributed by atoms with Gasteiger partial charge in [-0.2, -0.15) is 0 Å². The summed E-state index contributed by atoms with van der Waals surface area (Å²) < 4.78 is 5.96. The number of fused-ring (bicyclic) bond motifs is 1.